The van der Waals surface area contributed by atoms with Crippen LogP contribution in [0.2, 0.25) is 0 Å². The average molecular weight is 346 g/mol. The third-order valence-corrected chi connectivity index (χ3v) is 5.31. The number of fused-ring (bicyclic) bond motifs is 1. The minimum atomic E-state index is -0.781. The van der Waals surface area contributed by atoms with Gasteiger partial charge in [-0.05, 0) is 37.8 Å². The first-order valence-corrected chi connectivity index (χ1v) is 8.84. The number of aromatic nitrogens is 3. The molecule has 3 N–H and O–H groups in total. The normalized spacial score (nSPS) is 17.0. The zero-order valence-corrected chi connectivity index (χ0v) is 15.1. The van der Waals surface area contributed by atoms with E-state index in [-0.39, 0.29) is 24.4 Å². The van der Waals surface area contributed by atoms with Crippen molar-refractivity contribution in [3.8, 4) is 0 Å². The Kier molecular flexibility index (Phi) is 4.69. The van der Waals surface area contributed by atoms with Crippen molar-refractivity contribution >= 4 is 16.9 Å². The van der Waals surface area contributed by atoms with Crippen LogP contribution in [0.15, 0.2) is 4.79 Å². The molecule has 0 saturated heterocycles. The van der Waals surface area contributed by atoms with Crippen molar-refractivity contribution in [2.75, 3.05) is 6.54 Å². The highest BCUT2D eigenvalue weighted by atomic mass is 16.3. The minimum Gasteiger partial charge on any atom is -0.388 e. The third-order valence-electron chi connectivity index (χ3n) is 5.31. The number of aliphatic hydroxyl groups is 1. The quantitative estimate of drug-likeness (QED) is 0.775. The number of nitrogens with zero attached hydrogens (tertiary/aromatic N) is 2. The monoisotopic (exact) mass is 346 g/mol. The maximum atomic E-state index is 12.4. The van der Waals surface area contributed by atoms with Gasteiger partial charge >= 0.3 is 0 Å². The van der Waals surface area contributed by atoms with E-state index in [1.807, 2.05) is 13.8 Å². The van der Waals surface area contributed by atoms with Crippen molar-refractivity contribution in [2.45, 2.75) is 58.0 Å². The summed E-state index contributed by atoms with van der Waals surface area (Å²) in [5, 5.41) is 16.8. The number of carbonyl (C=O) groups excluding carboxylic acids is 1. The standard InChI is InChI=1S/C18H26N4O3/c1-11-13(12(2)20-16-15(11)17(24)22(3)21-16)9-14(23)19-10-18(25)7-5-4-6-8-18/h25H,4-10H2,1-3H3,(H,19,23)(H,20,21). The predicted octanol–water partition coefficient (Wildman–Crippen LogP) is 1.23. The lowest BCUT2D eigenvalue weighted by Gasteiger charge is -2.32. The molecule has 2 heterocycles. The van der Waals surface area contributed by atoms with E-state index < -0.39 is 5.60 Å². The Morgan fingerprint density at radius 3 is 2.68 bits per heavy atom. The number of rotatable bonds is 4. The van der Waals surface area contributed by atoms with Crippen LogP contribution in [0.5, 0.6) is 0 Å². The van der Waals surface area contributed by atoms with E-state index in [1.54, 1.807) is 7.05 Å². The van der Waals surface area contributed by atoms with E-state index in [1.165, 1.54) is 4.68 Å². The SMILES string of the molecule is Cc1nc2[nH]n(C)c(=O)c2c(C)c1CC(=O)NCC1(O)CCCCC1. The summed E-state index contributed by atoms with van der Waals surface area (Å²) in [5.41, 5.74) is 1.92. The molecule has 0 atom stereocenters. The van der Waals surface area contributed by atoms with Crippen LogP contribution in [0.25, 0.3) is 11.0 Å². The van der Waals surface area contributed by atoms with Crippen LogP contribution >= 0.6 is 0 Å². The Morgan fingerprint density at radius 1 is 1.32 bits per heavy atom. The Balaban J connectivity index is 1.77. The molecular formula is C18H26N4O3. The molecule has 0 radical (unpaired) electrons. The number of hydrogen-bond donors (Lipinski definition) is 3. The van der Waals surface area contributed by atoms with Gasteiger partial charge in [0, 0.05) is 19.3 Å². The number of amides is 1. The van der Waals surface area contributed by atoms with E-state index in [2.05, 4.69) is 15.4 Å². The second-order valence-electron chi connectivity index (χ2n) is 7.24. The summed E-state index contributed by atoms with van der Waals surface area (Å²) >= 11 is 0. The summed E-state index contributed by atoms with van der Waals surface area (Å²) in [6.07, 6.45) is 4.78. The molecule has 0 aliphatic heterocycles. The van der Waals surface area contributed by atoms with Gasteiger partial charge in [0.1, 0.15) is 0 Å². The Hall–Kier alpha value is -2.15. The molecule has 136 valence electrons. The summed E-state index contributed by atoms with van der Waals surface area (Å²) in [6.45, 7) is 3.98. The molecule has 3 rings (SSSR count). The first kappa shape index (κ1) is 17.7. The Bertz CT molecular complexity index is 859. The van der Waals surface area contributed by atoms with Crippen molar-refractivity contribution in [2.24, 2.45) is 7.05 Å². The fourth-order valence-electron chi connectivity index (χ4n) is 3.74. The van der Waals surface area contributed by atoms with Crippen molar-refractivity contribution in [3.05, 3.63) is 27.2 Å². The van der Waals surface area contributed by atoms with Crippen molar-refractivity contribution in [3.63, 3.8) is 0 Å². The second kappa shape index (κ2) is 6.63. The van der Waals surface area contributed by atoms with E-state index in [4.69, 9.17) is 0 Å². The van der Waals surface area contributed by atoms with Crippen LogP contribution in [0.1, 0.15) is 48.9 Å². The lowest BCUT2D eigenvalue weighted by atomic mass is 9.85. The van der Waals surface area contributed by atoms with Crippen LogP contribution in [0.4, 0.5) is 0 Å². The highest BCUT2D eigenvalue weighted by molar-refractivity contribution is 5.84. The Morgan fingerprint density at radius 2 is 2.00 bits per heavy atom. The summed E-state index contributed by atoms with van der Waals surface area (Å²) in [5.74, 6) is -0.154. The largest absolute Gasteiger partial charge is 0.388 e. The second-order valence-corrected chi connectivity index (χ2v) is 7.24. The van der Waals surface area contributed by atoms with Crippen molar-refractivity contribution < 1.29 is 9.90 Å². The first-order chi connectivity index (χ1) is 11.8. The van der Waals surface area contributed by atoms with Crippen molar-refractivity contribution in [1.29, 1.82) is 0 Å². The van der Waals surface area contributed by atoms with Gasteiger partial charge in [-0.15, -0.1) is 0 Å². The van der Waals surface area contributed by atoms with Crippen molar-refractivity contribution in [1.82, 2.24) is 20.1 Å². The van der Waals surface area contributed by atoms with Gasteiger partial charge in [0.2, 0.25) is 5.91 Å². The van der Waals surface area contributed by atoms with Gasteiger partial charge in [0.05, 0.1) is 17.4 Å². The summed E-state index contributed by atoms with van der Waals surface area (Å²) < 4.78 is 1.40. The van der Waals surface area contributed by atoms with Gasteiger partial charge in [0.25, 0.3) is 5.56 Å². The van der Waals surface area contributed by atoms with E-state index in [0.29, 0.717) is 11.0 Å². The molecule has 1 aliphatic rings. The Labute approximate surface area is 146 Å². The molecule has 7 nitrogen and oxygen atoms in total. The van der Waals surface area contributed by atoms with Gasteiger partial charge in [-0.1, -0.05) is 19.3 Å². The number of aromatic amines is 1. The molecule has 0 bridgehead atoms. The maximum absolute atomic E-state index is 12.4. The molecule has 1 amide bonds. The fraction of sp³-hybridized carbons (Fsp3) is 0.611. The van der Waals surface area contributed by atoms with Gasteiger partial charge in [-0.25, -0.2) is 4.98 Å². The number of aryl methyl sites for hydroxylation is 3. The number of carbonyl (C=O) groups is 1. The van der Waals surface area contributed by atoms with Crippen LogP contribution in [-0.4, -0.2) is 37.9 Å². The molecule has 2 aromatic rings. The van der Waals surface area contributed by atoms with Gasteiger partial charge in [-0.3, -0.25) is 19.4 Å². The van der Waals surface area contributed by atoms with Gasteiger partial charge < -0.3 is 10.4 Å². The summed E-state index contributed by atoms with van der Waals surface area (Å²) in [4.78, 5) is 29.0. The first-order valence-electron chi connectivity index (χ1n) is 8.84. The zero-order chi connectivity index (χ0) is 18.2. The molecule has 0 aromatic carbocycles. The van der Waals surface area contributed by atoms with Crippen LogP contribution in [-0.2, 0) is 18.3 Å². The molecule has 0 unspecified atom stereocenters. The molecule has 2 aromatic heterocycles. The van der Waals surface area contributed by atoms with Crippen LogP contribution < -0.4 is 10.9 Å². The van der Waals surface area contributed by atoms with E-state index in [9.17, 15) is 14.7 Å². The number of hydrogen-bond acceptors (Lipinski definition) is 4. The highest BCUT2D eigenvalue weighted by Gasteiger charge is 2.29. The zero-order valence-electron chi connectivity index (χ0n) is 15.1. The van der Waals surface area contributed by atoms with Crippen LogP contribution in [0, 0.1) is 13.8 Å². The molecule has 7 heteroatoms. The minimum absolute atomic E-state index is 0.141. The lowest BCUT2D eigenvalue weighted by molar-refractivity contribution is -0.122. The lowest BCUT2D eigenvalue weighted by Crippen LogP contribution is -2.44. The summed E-state index contributed by atoms with van der Waals surface area (Å²) in [7, 11) is 1.65. The predicted molar refractivity (Wildman–Crippen MR) is 95.6 cm³/mol. The number of pyridine rings is 1. The molecular weight excluding hydrogens is 320 g/mol. The summed E-state index contributed by atoms with van der Waals surface area (Å²) in [6, 6.07) is 0. The number of nitrogens with one attached hydrogen (secondary N) is 2. The van der Waals surface area contributed by atoms with E-state index in [0.717, 1.165) is 48.9 Å². The highest BCUT2D eigenvalue weighted by Crippen LogP contribution is 2.27. The molecule has 25 heavy (non-hydrogen) atoms. The number of H-pyrrole nitrogens is 1. The topological polar surface area (TPSA) is 100 Å². The van der Waals surface area contributed by atoms with Crippen LogP contribution in [0.3, 0.4) is 0 Å². The van der Waals surface area contributed by atoms with Gasteiger partial charge in [0.15, 0.2) is 5.65 Å². The van der Waals surface area contributed by atoms with Gasteiger partial charge in [-0.2, -0.15) is 0 Å². The third kappa shape index (κ3) is 3.46. The average Bonchev–Trinajstić information content (AvgIpc) is 2.84. The molecule has 1 saturated carbocycles. The molecule has 0 spiro atoms. The maximum Gasteiger partial charge on any atom is 0.276 e. The van der Waals surface area contributed by atoms with E-state index >= 15 is 0 Å². The smallest absolute Gasteiger partial charge is 0.276 e. The fourth-order valence-corrected chi connectivity index (χ4v) is 3.74. The molecule has 1 fully saturated rings. The molecule has 1 aliphatic carbocycles.